The van der Waals surface area contributed by atoms with Crippen LogP contribution in [-0.4, -0.2) is 9.55 Å². The number of hydrogen-bond donors (Lipinski definition) is 0. The van der Waals surface area contributed by atoms with E-state index >= 15 is 0 Å². The first kappa shape index (κ1) is 15.8. The molecular weight excluding hydrogens is 342 g/mol. The summed E-state index contributed by atoms with van der Waals surface area (Å²) in [6.07, 6.45) is 5.06. The maximum Gasteiger partial charge on any atom is 0.216 e. The summed E-state index contributed by atoms with van der Waals surface area (Å²) in [4.78, 5) is 7.05. The molecule has 0 unspecified atom stereocenters. The standard InChI is InChI=1S/C21H22N3OS/c1-11(2)8-16-20-18-19(24(5)10-22-21(18)26-16)17-12(3)13-6-7-23(4)14(13)9-15(17)25-20/h6-7,9-11H,8H2,1-5H3/q+1. The fourth-order valence-corrected chi connectivity index (χ4v) is 5.35. The molecule has 4 heterocycles. The summed E-state index contributed by atoms with van der Waals surface area (Å²) in [6, 6.07) is 4.38. The van der Waals surface area contributed by atoms with E-state index in [0.717, 1.165) is 22.4 Å². The van der Waals surface area contributed by atoms with E-state index < -0.39 is 0 Å². The Morgan fingerprint density at radius 3 is 2.88 bits per heavy atom. The zero-order valence-electron chi connectivity index (χ0n) is 15.8. The Morgan fingerprint density at radius 1 is 1.31 bits per heavy atom. The normalized spacial score (nSPS) is 12.5. The van der Waals surface area contributed by atoms with Gasteiger partial charge in [0.05, 0.1) is 33.6 Å². The van der Waals surface area contributed by atoms with E-state index in [1.165, 1.54) is 37.6 Å². The maximum absolute atomic E-state index is 6.53. The lowest BCUT2D eigenvalue weighted by atomic mass is 10.0. The summed E-state index contributed by atoms with van der Waals surface area (Å²) in [7, 11) is 4.16. The van der Waals surface area contributed by atoms with Crippen molar-refractivity contribution in [3.63, 3.8) is 0 Å². The third-order valence-electron chi connectivity index (χ3n) is 5.31. The minimum atomic E-state index is 0.582. The molecule has 0 aliphatic carbocycles. The molecule has 0 N–H and O–H groups in total. The molecule has 0 atom stereocenters. The minimum Gasteiger partial charge on any atom is -0.454 e. The fraction of sp³-hybridized carbons (Fsp3) is 0.333. The lowest BCUT2D eigenvalue weighted by molar-refractivity contribution is -0.642. The second kappa shape index (κ2) is 5.30. The summed E-state index contributed by atoms with van der Waals surface area (Å²) in [5, 5.41) is 3.64. The number of aryl methyl sites for hydroxylation is 3. The molecule has 0 fully saturated rings. The highest BCUT2D eigenvalue weighted by atomic mass is 32.1. The van der Waals surface area contributed by atoms with Crippen molar-refractivity contribution in [1.29, 1.82) is 0 Å². The highest BCUT2D eigenvalue weighted by molar-refractivity contribution is 7.19. The lowest BCUT2D eigenvalue weighted by Crippen LogP contribution is -2.24. The van der Waals surface area contributed by atoms with Crippen LogP contribution in [0.1, 0.15) is 24.3 Å². The number of benzene rings is 1. The van der Waals surface area contributed by atoms with Crippen LogP contribution >= 0.6 is 11.3 Å². The summed E-state index contributed by atoms with van der Waals surface area (Å²) in [5.74, 6) is 0.582. The van der Waals surface area contributed by atoms with Crippen molar-refractivity contribution in [3.05, 3.63) is 35.1 Å². The van der Waals surface area contributed by atoms with Gasteiger partial charge in [0.15, 0.2) is 11.8 Å². The molecular formula is C21H22N3OS+. The van der Waals surface area contributed by atoms with E-state index in [1.807, 2.05) is 6.33 Å². The summed E-state index contributed by atoms with van der Waals surface area (Å²) in [6.45, 7) is 6.70. The molecule has 5 aromatic rings. The van der Waals surface area contributed by atoms with Crippen LogP contribution in [0.5, 0.6) is 0 Å². The Hall–Kier alpha value is -2.40. The highest BCUT2D eigenvalue weighted by Gasteiger charge is 2.23. The third-order valence-corrected chi connectivity index (χ3v) is 6.41. The van der Waals surface area contributed by atoms with Crippen LogP contribution in [0.25, 0.3) is 43.2 Å². The van der Waals surface area contributed by atoms with Crippen molar-refractivity contribution in [2.75, 3.05) is 0 Å². The van der Waals surface area contributed by atoms with Crippen LogP contribution in [0.2, 0.25) is 0 Å². The monoisotopic (exact) mass is 364 g/mol. The Kier molecular flexibility index (Phi) is 3.23. The zero-order chi connectivity index (χ0) is 18.2. The number of thiophene rings is 1. The van der Waals surface area contributed by atoms with E-state index in [2.05, 4.69) is 67.3 Å². The SMILES string of the molecule is Cc1c2cc[n+](C)c2cc2oc3c(CC(C)C)sc4ncn(C)c(c12)c43. The second-order valence-electron chi connectivity index (χ2n) is 7.67. The van der Waals surface area contributed by atoms with E-state index in [0.29, 0.717) is 5.92 Å². The van der Waals surface area contributed by atoms with Gasteiger partial charge in [-0.1, -0.05) is 13.8 Å². The third kappa shape index (κ3) is 2.01. The van der Waals surface area contributed by atoms with Crippen LogP contribution < -0.4 is 4.57 Å². The molecule has 26 heavy (non-hydrogen) atoms. The van der Waals surface area contributed by atoms with Crippen LogP contribution in [0.15, 0.2) is 29.1 Å². The minimum absolute atomic E-state index is 0.582. The molecule has 5 heteroatoms. The molecule has 0 radical (unpaired) electrons. The molecule has 0 saturated carbocycles. The van der Waals surface area contributed by atoms with Crippen LogP contribution in [0.4, 0.5) is 0 Å². The van der Waals surface area contributed by atoms with E-state index in [4.69, 9.17) is 4.42 Å². The van der Waals surface area contributed by atoms with Crippen molar-refractivity contribution < 1.29 is 8.98 Å². The van der Waals surface area contributed by atoms with Gasteiger partial charge in [0.1, 0.15) is 17.5 Å². The topological polar surface area (TPSA) is 34.8 Å². The molecule has 0 spiro atoms. The van der Waals surface area contributed by atoms with Gasteiger partial charge in [-0.15, -0.1) is 11.3 Å². The largest absolute Gasteiger partial charge is 0.454 e. The molecule has 4 aromatic heterocycles. The van der Waals surface area contributed by atoms with E-state index in [9.17, 15) is 0 Å². The van der Waals surface area contributed by atoms with E-state index in [1.54, 1.807) is 11.3 Å². The van der Waals surface area contributed by atoms with Gasteiger partial charge in [-0.3, -0.25) is 0 Å². The van der Waals surface area contributed by atoms with Gasteiger partial charge in [0.25, 0.3) is 0 Å². The van der Waals surface area contributed by atoms with Gasteiger partial charge in [0, 0.05) is 18.5 Å². The fourth-order valence-electron chi connectivity index (χ4n) is 4.08. The van der Waals surface area contributed by atoms with Gasteiger partial charge < -0.3 is 8.98 Å². The first-order valence-corrected chi connectivity index (χ1v) is 9.84. The van der Waals surface area contributed by atoms with Crippen molar-refractivity contribution in [2.24, 2.45) is 20.0 Å². The molecule has 0 bridgehead atoms. The van der Waals surface area contributed by atoms with Gasteiger partial charge >= 0.3 is 0 Å². The number of hydrogen-bond acceptors (Lipinski definition) is 3. The average molecular weight is 364 g/mol. The number of nitrogens with zero attached hydrogens (tertiary/aromatic N) is 3. The predicted octanol–water partition coefficient (Wildman–Crippen LogP) is 5.02. The summed E-state index contributed by atoms with van der Waals surface area (Å²) in [5.41, 5.74) is 5.66. The van der Waals surface area contributed by atoms with Crippen LogP contribution in [-0.2, 0) is 20.5 Å². The van der Waals surface area contributed by atoms with Crippen molar-refractivity contribution >= 4 is 54.5 Å². The number of rotatable bonds is 2. The molecule has 0 aliphatic rings. The van der Waals surface area contributed by atoms with E-state index in [-0.39, 0.29) is 0 Å². The Balaban J connectivity index is 2.06. The predicted molar refractivity (Wildman–Crippen MR) is 108 cm³/mol. The Labute approximate surface area is 155 Å². The zero-order valence-corrected chi connectivity index (χ0v) is 16.6. The van der Waals surface area contributed by atoms with Crippen molar-refractivity contribution in [3.8, 4) is 0 Å². The van der Waals surface area contributed by atoms with Crippen molar-refractivity contribution in [1.82, 2.24) is 9.55 Å². The number of fused-ring (bicyclic) bond motifs is 3. The Morgan fingerprint density at radius 2 is 2.12 bits per heavy atom. The molecule has 0 saturated heterocycles. The van der Waals surface area contributed by atoms with Gasteiger partial charge in [0.2, 0.25) is 5.52 Å². The summed E-state index contributed by atoms with van der Waals surface area (Å²) < 4.78 is 10.8. The smallest absolute Gasteiger partial charge is 0.216 e. The van der Waals surface area contributed by atoms with Crippen molar-refractivity contribution in [2.45, 2.75) is 27.2 Å². The van der Waals surface area contributed by atoms with Gasteiger partial charge in [-0.05, 0) is 24.8 Å². The second-order valence-corrected chi connectivity index (χ2v) is 8.76. The first-order chi connectivity index (χ1) is 12.5. The molecule has 132 valence electrons. The molecule has 4 nitrogen and oxygen atoms in total. The quantitative estimate of drug-likeness (QED) is 0.326. The van der Waals surface area contributed by atoms with Gasteiger partial charge in [-0.2, -0.15) is 0 Å². The molecule has 0 aliphatic heterocycles. The van der Waals surface area contributed by atoms with Crippen LogP contribution in [0.3, 0.4) is 0 Å². The van der Waals surface area contributed by atoms with Crippen LogP contribution in [0, 0.1) is 12.8 Å². The highest BCUT2D eigenvalue weighted by Crippen LogP contribution is 2.42. The summed E-state index contributed by atoms with van der Waals surface area (Å²) >= 11 is 1.77. The molecule has 1 aromatic carbocycles. The average Bonchev–Trinajstić information content (AvgIpc) is 3.12. The Bertz CT molecular complexity index is 1320. The molecule has 5 rings (SSSR count). The molecule has 0 amide bonds. The number of aromatic nitrogens is 3. The first-order valence-electron chi connectivity index (χ1n) is 9.02. The van der Waals surface area contributed by atoms with Gasteiger partial charge in [-0.25, -0.2) is 9.55 Å². The maximum atomic E-state index is 6.53. The lowest BCUT2D eigenvalue weighted by Gasteiger charge is -2.11.